The van der Waals surface area contributed by atoms with E-state index in [4.69, 9.17) is 19.9 Å². The molecule has 1 rings (SSSR count). The standard InChI is InChI=1S/C12H24N2O4/c1-12(2,3)18-11(15)14-7-9(16-4)10(17-5)8(14)6-13/h8-10H,6-7,13H2,1-5H3/t8-,9+,10-/m0/s1. The van der Waals surface area contributed by atoms with Crippen LogP contribution < -0.4 is 5.73 Å². The van der Waals surface area contributed by atoms with Crippen molar-refractivity contribution in [1.82, 2.24) is 4.90 Å². The average Bonchev–Trinajstić information content (AvgIpc) is 2.63. The van der Waals surface area contributed by atoms with Crippen molar-refractivity contribution in [3.8, 4) is 0 Å². The Morgan fingerprint density at radius 1 is 1.33 bits per heavy atom. The lowest BCUT2D eigenvalue weighted by molar-refractivity contribution is -0.0191. The minimum absolute atomic E-state index is 0.170. The van der Waals surface area contributed by atoms with E-state index in [1.165, 1.54) is 0 Å². The molecule has 0 bridgehead atoms. The second-order valence-electron chi connectivity index (χ2n) is 5.41. The van der Waals surface area contributed by atoms with E-state index in [9.17, 15) is 4.79 Å². The van der Waals surface area contributed by atoms with Gasteiger partial charge in [0.2, 0.25) is 0 Å². The van der Waals surface area contributed by atoms with Crippen molar-refractivity contribution in [2.24, 2.45) is 5.73 Å². The Balaban J connectivity index is 2.79. The summed E-state index contributed by atoms with van der Waals surface area (Å²) in [5.74, 6) is 0. The van der Waals surface area contributed by atoms with Crippen LogP contribution in [-0.2, 0) is 14.2 Å². The first-order valence-electron chi connectivity index (χ1n) is 6.09. The zero-order chi connectivity index (χ0) is 13.9. The van der Waals surface area contributed by atoms with Crippen LogP contribution in [0.4, 0.5) is 4.79 Å². The molecule has 1 fully saturated rings. The molecule has 106 valence electrons. The van der Waals surface area contributed by atoms with Gasteiger partial charge in [0, 0.05) is 20.8 Å². The highest BCUT2D eigenvalue weighted by atomic mass is 16.6. The molecule has 1 aliphatic heterocycles. The van der Waals surface area contributed by atoms with Crippen LogP contribution in [0.1, 0.15) is 20.8 Å². The van der Waals surface area contributed by atoms with E-state index >= 15 is 0 Å². The molecule has 0 aromatic heterocycles. The summed E-state index contributed by atoms with van der Waals surface area (Å²) in [4.78, 5) is 13.7. The minimum atomic E-state index is -0.524. The summed E-state index contributed by atoms with van der Waals surface area (Å²) < 4.78 is 16.1. The zero-order valence-corrected chi connectivity index (χ0v) is 11.8. The third kappa shape index (κ3) is 3.34. The molecule has 0 unspecified atom stereocenters. The van der Waals surface area contributed by atoms with E-state index in [1.807, 2.05) is 20.8 Å². The number of hydrogen-bond donors (Lipinski definition) is 1. The van der Waals surface area contributed by atoms with Gasteiger partial charge >= 0.3 is 6.09 Å². The van der Waals surface area contributed by atoms with Crippen molar-refractivity contribution in [3.05, 3.63) is 0 Å². The van der Waals surface area contributed by atoms with Gasteiger partial charge in [0.05, 0.1) is 12.6 Å². The molecule has 1 amide bonds. The predicted molar refractivity (Wildman–Crippen MR) is 67.4 cm³/mol. The Kier molecular flexibility index (Phi) is 4.95. The first-order valence-corrected chi connectivity index (χ1v) is 6.09. The largest absolute Gasteiger partial charge is 0.444 e. The van der Waals surface area contributed by atoms with Crippen molar-refractivity contribution in [2.45, 2.75) is 44.6 Å². The molecule has 6 nitrogen and oxygen atoms in total. The highest BCUT2D eigenvalue weighted by Gasteiger charge is 2.45. The number of likely N-dealkylation sites (tertiary alicyclic amines) is 1. The number of hydrogen-bond acceptors (Lipinski definition) is 5. The number of rotatable bonds is 3. The molecule has 1 aliphatic rings. The fourth-order valence-electron chi connectivity index (χ4n) is 2.17. The van der Waals surface area contributed by atoms with Gasteiger partial charge in [0.15, 0.2) is 0 Å². The predicted octanol–water partition coefficient (Wildman–Crippen LogP) is 0.594. The number of ether oxygens (including phenoxy) is 3. The Morgan fingerprint density at radius 3 is 2.33 bits per heavy atom. The van der Waals surface area contributed by atoms with Gasteiger partial charge in [-0.3, -0.25) is 4.90 Å². The van der Waals surface area contributed by atoms with E-state index in [1.54, 1.807) is 19.1 Å². The average molecular weight is 260 g/mol. The van der Waals surface area contributed by atoms with Crippen LogP contribution in [0.25, 0.3) is 0 Å². The lowest BCUT2D eigenvalue weighted by Crippen LogP contribution is -2.47. The van der Waals surface area contributed by atoms with Crippen LogP contribution in [0.5, 0.6) is 0 Å². The third-order valence-corrected chi connectivity index (χ3v) is 2.97. The molecule has 0 aromatic carbocycles. The number of carbonyl (C=O) groups excluding carboxylic acids is 1. The Morgan fingerprint density at radius 2 is 1.94 bits per heavy atom. The molecule has 0 radical (unpaired) electrons. The van der Waals surface area contributed by atoms with E-state index < -0.39 is 5.60 Å². The van der Waals surface area contributed by atoms with Crippen LogP contribution in [-0.4, -0.2) is 62.2 Å². The highest BCUT2D eigenvalue weighted by Crippen LogP contribution is 2.24. The monoisotopic (exact) mass is 260 g/mol. The van der Waals surface area contributed by atoms with Crippen molar-refractivity contribution in [3.63, 3.8) is 0 Å². The molecule has 1 heterocycles. The molecular formula is C12H24N2O4. The van der Waals surface area contributed by atoms with Gasteiger partial charge in [-0.2, -0.15) is 0 Å². The second-order valence-corrected chi connectivity index (χ2v) is 5.41. The van der Waals surface area contributed by atoms with E-state index in [2.05, 4.69) is 0 Å². The molecule has 0 aromatic rings. The first kappa shape index (κ1) is 15.2. The molecular weight excluding hydrogens is 236 g/mol. The normalized spacial score (nSPS) is 28.6. The summed E-state index contributed by atoms with van der Waals surface area (Å²) in [5, 5.41) is 0. The molecule has 18 heavy (non-hydrogen) atoms. The highest BCUT2D eigenvalue weighted by molar-refractivity contribution is 5.69. The van der Waals surface area contributed by atoms with Gasteiger partial charge < -0.3 is 19.9 Å². The number of amides is 1. The van der Waals surface area contributed by atoms with Crippen molar-refractivity contribution >= 4 is 6.09 Å². The molecule has 0 spiro atoms. The smallest absolute Gasteiger partial charge is 0.410 e. The quantitative estimate of drug-likeness (QED) is 0.804. The second kappa shape index (κ2) is 5.86. The van der Waals surface area contributed by atoms with Crippen molar-refractivity contribution < 1.29 is 19.0 Å². The first-order chi connectivity index (χ1) is 8.34. The summed E-state index contributed by atoms with van der Waals surface area (Å²) in [5.41, 5.74) is 5.20. The fraction of sp³-hybridized carbons (Fsp3) is 0.917. The Bertz CT molecular complexity index is 290. The van der Waals surface area contributed by atoms with Crippen molar-refractivity contribution in [1.29, 1.82) is 0 Å². The molecule has 2 N–H and O–H groups in total. The van der Waals surface area contributed by atoms with Gasteiger partial charge in [0.25, 0.3) is 0 Å². The minimum Gasteiger partial charge on any atom is -0.444 e. The summed E-state index contributed by atoms with van der Waals surface area (Å²) in [6.45, 7) is 6.25. The molecule has 3 atom stereocenters. The van der Waals surface area contributed by atoms with Crippen LogP contribution in [0, 0.1) is 0 Å². The van der Waals surface area contributed by atoms with Crippen LogP contribution in [0.15, 0.2) is 0 Å². The Labute approximate surface area is 108 Å². The summed E-state index contributed by atoms with van der Waals surface area (Å²) in [7, 11) is 3.20. The van der Waals surface area contributed by atoms with Crippen LogP contribution in [0.3, 0.4) is 0 Å². The SMILES string of the molecule is CO[C@@H]1[C@H](OC)CN(C(=O)OC(C)(C)C)[C@H]1CN. The maximum absolute atomic E-state index is 12.1. The molecule has 6 heteroatoms. The molecule has 0 aliphatic carbocycles. The van der Waals surface area contributed by atoms with E-state index in [0.717, 1.165) is 0 Å². The fourth-order valence-corrected chi connectivity index (χ4v) is 2.17. The number of nitrogens with two attached hydrogens (primary N) is 1. The summed E-state index contributed by atoms with van der Waals surface area (Å²) in [6.07, 6.45) is -0.761. The van der Waals surface area contributed by atoms with Crippen LogP contribution >= 0.6 is 0 Å². The topological polar surface area (TPSA) is 74.0 Å². The summed E-state index contributed by atoms with van der Waals surface area (Å²) >= 11 is 0. The maximum Gasteiger partial charge on any atom is 0.410 e. The lowest BCUT2D eigenvalue weighted by atomic mass is 10.1. The van der Waals surface area contributed by atoms with Gasteiger partial charge in [-0.25, -0.2) is 4.79 Å². The lowest BCUT2D eigenvalue weighted by Gasteiger charge is -2.29. The van der Waals surface area contributed by atoms with E-state index in [-0.39, 0.29) is 24.3 Å². The van der Waals surface area contributed by atoms with Gasteiger partial charge in [-0.05, 0) is 20.8 Å². The Hall–Kier alpha value is -0.850. The van der Waals surface area contributed by atoms with E-state index in [0.29, 0.717) is 13.1 Å². The third-order valence-electron chi connectivity index (χ3n) is 2.97. The van der Waals surface area contributed by atoms with Crippen molar-refractivity contribution in [2.75, 3.05) is 27.3 Å². The summed E-state index contributed by atoms with van der Waals surface area (Å²) in [6, 6.07) is -0.213. The van der Waals surface area contributed by atoms with Gasteiger partial charge in [-0.1, -0.05) is 0 Å². The van der Waals surface area contributed by atoms with Gasteiger partial charge in [-0.15, -0.1) is 0 Å². The zero-order valence-electron chi connectivity index (χ0n) is 11.8. The molecule has 1 saturated heterocycles. The number of methoxy groups -OCH3 is 2. The number of nitrogens with zero attached hydrogens (tertiary/aromatic N) is 1. The number of carbonyl (C=O) groups is 1. The maximum atomic E-state index is 12.1. The van der Waals surface area contributed by atoms with Crippen LogP contribution in [0.2, 0.25) is 0 Å². The van der Waals surface area contributed by atoms with Gasteiger partial charge in [0.1, 0.15) is 17.8 Å². The molecule has 0 saturated carbocycles.